The van der Waals surface area contributed by atoms with Crippen molar-refractivity contribution in [1.82, 2.24) is 9.55 Å². The third kappa shape index (κ3) is 2.13. The summed E-state index contributed by atoms with van der Waals surface area (Å²) in [5.74, 6) is 0. The van der Waals surface area contributed by atoms with Crippen molar-refractivity contribution in [2.45, 2.75) is 19.4 Å². The highest BCUT2D eigenvalue weighted by molar-refractivity contribution is 7.71. The average molecular weight is 302 g/mol. The van der Waals surface area contributed by atoms with Crippen molar-refractivity contribution in [3.8, 4) is 0 Å². The van der Waals surface area contributed by atoms with Crippen LogP contribution in [0.1, 0.15) is 24.9 Å². The Kier molecular flexibility index (Phi) is 3.54. The van der Waals surface area contributed by atoms with E-state index in [1.807, 2.05) is 41.8 Å². The van der Waals surface area contributed by atoms with Crippen molar-refractivity contribution < 1.29 is 0 Å². The van der Waals surface area contributed by atoms with Crippen LogP contribution in [-0.4, -0.2) is 9.55 Å². The number of rotatable bonds is 3. The average Bonchev–Trinajstić information content (AvgIpc) is 2.92. The maximum absolute atomic E-state index is 12.7. The Balaban J connectivity index is 2.27. The highest BCUT2D eigenvalue weighted by Crippen LogP contribution is 2.22. The standard InChI is InChI=1S/C15H14N2OS2/c1-2-12(10-6-4-3-5-7-10)17-14(18)11-8-9-20-13(11)16-15(17)19/h3-9,12H,2H2,1H3,(H,16,19). The summed E-state index contributed by atoms with van der Waals surface area (Å²) in [7, 11) is 0. The minimum Gasteiger partial charge on any atom is -0.323 e. The lowest BCUT2D eigenvalue weighted by Gasteiger charge is -2.18. The summed E-state index contributed by atoms with van der Waals surface area (Å²) in [5, 5.41) is 2.61. The largest absolute Gasteiger partial charge is 0.323 e. The van der Waals surface area contributed by atoms with Crippen LogP contribution in [0.15, 0.2) is 46.6 Å². The van der Waals surface area contributed by atoms with Gasteiger partial charge in [0.1, 0.15) is 4.83 Å². The van der Waals surface area contributed by atoms with Gasteiger partial charge in [-0.25, -0.2) is 0 Å². The van der Waals surface area contributed by atoms with Crippen LogP contribution < -0.4 is 5.56 Å². The fraction of sp³-hybridized carbons (Fsp3) is 0.200. The molecular weight excluding hydrogens is 288 g/mol. The third-order valence-corrected chi connectivity index (χ3v) is 4.57. The molecule has 0 aliphatic rings. The number of fused-ring (bicyclic) bond motifs is 1. The summed E-state index contributed by atoms with van der Waals surface area (Å²) in [6, 6.07) is 11.8. The molecule has 0 spiro atoms. The molecule has 20 heavy (non-hydrogen) atoms. The number of thiophene rings is 1. The van der Waals surface area contributed by atoms with E-state index in [9.17, 15) is 4.79 Å². The van der Waals surface area contributed by atoms with Crippen LogP contribution in [0.25, 0.3) is 10.2 Å². The predicted molar refractivity (Wildman–Crippen MR) is 86.1 cm³/mol. The quantitative estimate of drug-likeness (QED) is 0.739. The number of hydrogen-bond acceptors (Lipinski definition) is 3. The van der Waals surface area contributed by atoms with Crippen molar-refractivity contribution in [2.75, 3.05) is 0 Å². The minimum atomic E-state index is -0.0308. The van der Waals surface area contributed by atoms with Gasteiger partial charge in [-0.3, -0.25) is 9.36 Å². The lowest BCUT2D eigenvalue weighted by atomic mass is 10.0. The zero-order chi connectivity index (χ0) is 14.1. The first kappa shape index (κ1) is 13.3. The smallest absolute Gasteiger partial charge is 0.263 e. The van der Waals surface area contributed by atoms with E-state index in [1.54, 1.807) is 4.57 Å². The van der Waals surface area contributed by atoms with Gasteiger partial charge in [-0.05, 0) is 35.6 Å². The van der Waals surface area contributed by atoms with Gasteiger partial charge >= 0.3 is 0 Å². The number of hydrogen-bond donors (Lipinski definition) is 1. The summed E-state index contributed by atoms with van der Waals surface area (Å²) in [6.45, 7) is 2.07. The maximum Gasteiger partial charge on any atom is 0.263 e. The van der Waals surface area contributed by atoms with Gasteiger partial charge in [0.15, 0.2) is 4.77 Å². The summed E-state index contributed by atoms with van der Waals surface area (Å²) in [4.78, 5) is 16.7. The molecule has 2 heterocycles. The van der Waals surface area contributed by atoms with Gasteiger partial charge in [-0.15, -0.1) is 11.3 Å². The highest BCUT2D eigenvalue weighted by atomic mass is 32.1. The fourth-order valence-electron chi connectivity index (χ4n) is 2.48. The van der Waals surface area contributed by atoms with Gasteiger partial charge in [0.25, 0.3) is 5.56 Å². The number of benzene rings is 1. The van der Waals surface area contributed by atoms with Crippen molar-refractivity contribution >= 4 is 33.8 Å². The van der Waals surface area contributed by atoms with E-state index in [0.717, 1.165) is 16.8 Å². The molecule has 0 amide bonds. The van der Waals surface area contributed by atoms with Crippen LogP contribution in [0.2, 0.25) is 0 Å². The molecular formula is C15H14N2OS2. The molecule has 0 aliphatic heterocycles. The lowest BCUT2D eigenvalue weighted by molar-refractivity contribution is 0.538. The Morgan fingerprint density at radius 1 is 1.30 bits per heavy atom. The first-order valence-corrected chi connectivity index (χ1v) is 7.78. The normalized spacial score (nSPS) is 12.7. The molecule has 2 aromatic heterocycles. The number of aromatic nitrogens is 2. The molecule has 0 radical (unpaired) electrons. The summed E-state index contributed by atoms with van der Waals surface area (Å²) < 4.78 is 2.18. The molecule has 3 nitrogen and oxygen atoms in total. The maximum atomic E-state index is 12.7. The van der Waals surface area contributed by atoms with Gasteiger partial charge in [-0.1, -0.05) is 37.3 Å². The van der Waals surface area contributed by atoms with Gasteiger partial charge in [0, 0.05) is 0 Å². The first-order valence-electron chi connectivity index (χ1n) is 6.49. The SMILES string of the molecule is CCC(c1ccccc1)n1c(=S)[nH]c2sccc2c1=O. The molecule has 1 aromatic carbocycles. The van der Waals surface area contributed by atoms with Crippen LogP contribution in [0, 0.1) is 4.77 Å². The highest BCUT2D eigenvalue weighted by Gasteiger charge is 2.16. The predicted octanol–water partition coefficient (Wildman–Crippen LogP) is 4.12. The molecule has 0 saturated heterocycles. The van der Waals surface area contributed by atoms with Crippen molar-refractivity contribution in [3.05, 3.63) is 62.5 Å². The van der Waals surface area contributed by atoms with Crippen LogP contribution in [0.3, 0.4) is 0 Å². The molecule has 3 aromatic rings. The fourth-order valence-corrected chi connectivity index (χ4v) is 3.63. The molecule has 5 heteroatoms. The van der Waals surface area contributed by atoms with E-state index in [0.29, 0.717) is 10.2 Å². The van der Waals surface area contributed by atoms with E-state index < -0.39 is 0 Å². The molecule has 0 aliphatic carbocycles. The van der Waals surface area contributed by atoms with Crippen molar-refractivity contribution in [3.63, 3.8) is 0 Å². The topological polar surface area (TPSA) is 37.8 Å². The van der Waals surface area contributed by atoms with Gasteiger partial charge < -0.3 is 4.98 Å². The number of nitrogens with one attached hydrogen (secondary N) is 1. The number of aromatic amines is 1. The Hall–Kier alpha value is -1.72. The molecule has 0 fully saturated rings. The molecule has 1 unspecified atom stereocenters. The van der Waals surface area contributed by atoms with Crippen LogP contribution >= 0.6 is 23.6 Å². The second-order valence-corrected chi connectivity index (χ2v) is 5.91. The Labute approximate surface area is 125 Å². The van der Waals surface area contributed by atoms with E-state index in [2.05, 4.69) is 11.9 Å². The summed E-state index contributed by atoms with van der Waals surface area (Å²) in [5.41, 5.74) is 1.09. The van der Waals surface area contributed by atoms with Crippen LogP contribution in [0.4, 0.5) is 0 Å². The lowest BCUT2D eigenvalue weighted by Crippen LogP contribution is -2.26. The zero-order valence-electron chi connectivity index (χ0n) is 11.0. The molecule has 0 saturated carbocycles. The van der Waals surface area contributed by atoms with E-state index in [-0.39, 0.29) is 11.6 Å². The second-order valence-electron chi connectivity index (χ2n) is 4.60. The molecule has 1 N–H and O–H groups in total. The molecule has 102 valence electrons. The second kappa shape index (κ2) is 5.34. The monoisotopic (exact) mass is 302 g/mol. The first-order chi connectivity index (χ1) is 9.72. The Morgan fingerprint density at radius 2 is 2.05 bits per heavy atom. The third-order valence-electron chi connectivity index (χ3n) is 3.44. The van der Waals surface area contributed by atoms with E-state index in [1.165, 1.54) is 11.3 Å². The van der Waals surface area contributed by atoms with Gasteiger partial charge in [-0.2, -0.15) is 0 Å². The summed E-state index contributed by atoms with van der Waals surface area (Å²) >= 11 is 6.89. The minimum absolute atomic E-state index is 0.0132. The van der Waals surface area contributed by atoms with Crippen molar-refractivity contribution in [1.29, 1.82) is 0 Å². The van der Waals surface area contributed by atoms with E-state index in [4.69, 9.17) is 12.2 Å². The van der Waals surface area contributed by atoms with E-state index >= 15 is 0 Å². The summed E-state index contributed by atoms with van der Waals surface area (Å²) in [6.07, 6.45) is 0.817. The number of H-pyrrole nitrogens is 1. The molecule has 0 bridgehead atoms. The van der Waals surface area contributed by atoms with Gasteiger partial charge in [0.05, 0.1) is 11.4 Å². The molecule has 1 atom stereocenters. The van der Waals surface area contributed by atoms with Crippen molar-refractivity contribution in [2.24, 2.45) is 0 Å². The van der Waals surface area contributed by atoms with Crippen LogP contribution in [-0.2, 0) is 0 Å². The van der Waals surface area contributed by atoms with Crippen LogP contribution in [0.5, 0.6) is 0 Å². The van der Waals surface area contributed by atoms with Gasteiger partial charge in [0.2, 0.25) is 0 Å². The Bertz CT molecular complexity index is 845. The molecule has 3 rings (SSSR count). The zero-order valence-corrected chi connectivity index (χ0v) is 12.6. The Morgan fingerprint density at radius 3 is 2.75 bits per heavy atom. The number of nitrogens with zero attached hydrogens (tertiary/aromatic N) is 1.